The zero-order valence-electron chi connectivity index (χ0n) is 15.0. The summed E-state index contributed by atoms with van der Waals surface area (Å²) in [7, 11) is -3.06. The number of carbonyl (C=O) groups is 3. The lowest BCUT2D eigenvalue weighted by molar-refractivity contribution is -0.126. The molecule has 2 rings (SSSR count). The Labute approximate surface area is 153 Å². The molecule has 0 radical (unpaired) electrons. The van der Waals surface area contributed by atoms with Crippen molar-refractivity contribution in [2.45, 2.75) is 39.2 Å². The monoisotopic (exact) mass is 380 g/mol. The molecule has 2 amide bonds. The molecule has 1 aromatic carbocycles. The molecular weight excluding hydrogens is 356 g/mol. The van der Waals surface area contributed by atoms with Gasteiger partial charge in [-0.1, -0.05) is 12.1 Å². The Morgan fingerprint density at radius 3 is 2.42 bits per heavy atom. The van der Waals surface area contributed by atoms with Crippen molar-refractivity contribution in [3.05, 3.63) is 34.9 Å². The molecule has 1 aliphatic heterocycles. The number of ketones is 1. The molecule has 1 heterocycles. The van der Waals surface area contributed by atoms with E-state index in [2.05, 4.69) is 10.6 Å². The summed E-state index contributed by atoms with van der Waals surface area (Å²) < 4.78 is 22.7. The first-order valence-electron chi connectivity index (χ1n) is 8.53. The molecule has 1 saturated heterocycles. The van der Waals surface area contributed by atoms with Crippen LogP contribution in [0.4, 0.5) is 0 Å². The third-order valence-corrected chi connectivity index (χ3v) is 6.22. The normalized spacial score (nSPS) is 18.3. The average Bonchev–Trinajstić information content (AvgIpc) is 2.91. The minimum Gasteiger partial charge on any atom is -0.351 e. The lowest BCUT2D eigenvalue weighted by Crippen LogP contribution is -2.42. The Kier molecular flexibility index (Phi) is 6.52. The van der Waals surface area contributed by atoms with Crippen LogP contribution in [0.2, 0.25) is 0 Å². The molecule has 0 bridgehead atoms. The van der Waals surface area contributed by atoms with Crippen LogP contribution in [-0.4, -0.2) is 50.1 Å². The zero-order valence-corrected chi connectivity index (χ0v) is 15.8. The molecule has 1 aliphatic rings. The molecule has 1 fully saturated rings. The van der Waals surface area contributed by atoms with Crippen molar-refractivity contribution in [2.75, 3.05) is 18.1 Å². The third-order valence-electron chi connectivity index (χ3n) is 4.45. The summed E-state index contributed by atoms with van der Waals surface area (Å²) in [4.78, 5) is 35.7. The van der Waals surface area contributed by atoms with Gasteiger partial charge in [-0.25, -0.2) is 8.42 Å². The lowest BCUT2D eigenvalue weighted by Gasteiger charge is -2.11. The van der Waals surface area contributed by atoms with Gasteiger partial charge in [-0.15, -0.1) is 0 Å². The number of rotatable bonds is 7. The highest BCUT2D eigenvalue weighted by molar-refractivity contribution is 7.91. The Hall–Kier alpha value is -2.22. The van der Waals surface area contributed by atoms with Gasteiger partial charge in [-0.05, 0) is 37.5 Å². The molecule has 1 aromatic rings. The highest BCUT2D eigenvalue weighted by Crippen LogP contribution is 2.13. The molecule has 0 saturated carbocycles. The first kappa shape index (κ1) is 20.1. The van der Waals surface area contributed by atoms with Crippen LogP contribution in [0.25, 0.3) is 0 Å². The van der Waals surface area contributed by atoms with Crippen LogP contribution in [0, 0.1) is 13.8 Å². The van der Waals surface area contributed by atoms with Crippen LogP contribution in [0.15, 0.2) is 18.2 Å². The third kappa shape index (κ3) is 5.94. The SMILES string of the molecule is Cc1ccc(C(=O)CCC(=O)NCC(=O)NC2CCS(=O)(=O)C2)cc1C. The second-order valence-electron chi connectivity index (χ2n) is 6.67. The highest BCUT2D eigenvalue weighted by Gasteiger charge is 2.28. The second-order valence-corrected chi connectivity index (χ2v) is 8.90. The summed E-state index contributed by atoms with van der Waals surface area (Å²) in [6.07, 6.45) is 0.458. The lowest BCUT2D eigenvalue weighted by atomic mass is 10.0. The van der Waals surface area contributed by atoms with Gasteiger partial charge in [-0.3, -0.25) is 14.4 Å². The van der Waals surface area contributed by atoms with E-state index in [-0.39, 0.29) is 36.7 Å². The number of benzene rings is 1. The summed E-state index contributed by atoms with van der Waals surface area (Å²) in [5.74, 6) is -0.927. The number of aryl methyl sites for hydroxylation is 2. The number of nitrogens with one attached hydrogen (secondary N) is 2. The molecule has 1 atom stereocenters. The molecule has 0 spiro atoms. The van der Waals surface area contributed by atoms with Crippen molar-refractivity contribution in [1.82, 2.24) is 10.6 Å². The Balaban J connectivity index is 1.70. The second kappa shape index (κ2) is 8.44. The maximum Gasteiger partial charge on any atom is 0.239 e. The fourth-order valence-electron chi connectivity index (χ4n) is 2.74. The number of sulfone groups is 1. The molecule has 7 nitrogen and oxygen atoms in total. The number of carbonyl (C=O) groups excluding carboxylic acids is 3. The van der Waals surface area contributed by atoms with Crippen LogP contribution in [0.3, 0.4) is 0 Å². The maximum atomic E-state index is 12.1. The summed E-state index contributed by atoms with van der Waals surface area (Å²) in [6.45, 7) is 3.66. The first-order valence-corrected chi connectivity index (χ1v) is 10.4. The van der Waals surface area contributed by atoms with Crippen LogP contribution >= 0.6 is 0 Å². The predicted octanol–water partition coefficient (Wildman–Crippen LogP) is 0.686. The standard InChI is InChI=1S/C18H24N2O5S/c1-12-3-4-14(9-13(12)2)16(21)5-6-17(22)19-10-18(23)20-15-7-8-26(24,25)11-15/h3-4,9,15H,5-8,10-11H2,1-2H3,(H,19,22)(H,20,23). The molecule has 0 aliphatic carbocycles. The van der Waals surface area contributed by atoms with Gasteiger partial charge in [0.05, 0.1) is 18.1 Å². The van der Waals surface area contributed by atoms with Crippen molar-refractivity contribution in [3.8, 4) is 0 Å². The first-order chi connectivity index (χ1) is 12.2. The number of Topliss-reactive ketones (excluding diaryl/α,β-unsaturated/α-hetero) is 1. The average molecular weight is 380 g/mol. The van der Waals surface area contributed by atoms with Gasteiger partial charge in [0, 0.05) is 24.4 Å². The van der Waals surface area contributed by atoms with Gasteiger partial charge >= 0.3 is 0 Å². The van der Waals surface area contributed by atoms with E-state index in [1.54, 1.807) is 12.1 Å². The minimum absolute atomic E-state index is 0.00313. The van der Waals surface area contributed by atoms with E-state index in [1.165, 1.54) is 0 Å². The predicted molar refractivity (Wildman–Crippen MR) is 97.7 cm³/mol. The van der Waals surface area contributed by atoms with Crippen molar-refractivity contribution < 1.29 is 22.8 Å². The van der Waals surface area contributed by atoms with E-state index in [1.807, 2.05) is 19.9 Å². The van der Waals surface area contributed by atoms with Gasteiger partial charge in [0.15, 0.2) is 15.6 Å². The zero-order chi connectivity index (χ0) is 19.3. The van der Waals surface area contributed by atoms with Crippen molar-refractivity contribution >= 4 is 27.4 Å². The van der Waals surface area contributed by atoms with E-state index in [4.69, 9.17) is 0 Å². The largest absolute Gasteiger partial charge is 0.351 e. The topological polar surface area (TPSA) is 109 Å². The minimum atomic E-state index is -3.06. The number of hydrogen-bond acceptors (Lipinski definition) is 5. The van der Waals surface area contributed by atoms with Crippen molar-refractivity contribution in [1.29, 1.82) is 0 Å². The molecule has 142 valence electrons. The quantitative estimate of drug-likeness (QED) is 0.676. The van der Waals surface area contributed by atoms with Gasteiger partial charge in [0.25, 0.3) is 0 Å². The van der Waals surface area contributed by atoms with Gasteiger partial charge in [0.1, 0.15) is 0 Å². The molecule has 2 N–H and O–H groups in total. The van der Waals surface area contributed by atoms with Crippen LogP contribution in [-0.2, 0) is 19.4 Å². The van der Waals surface area contributed by atoms with E-state index in [9.17, 15) is 22.8 Å². The Bertz CT molecular complexity index is 817. The highest BCUT2D eigenvalue weighted by atomic mass is 32.2. The van der Waals surface area contributed by atoms with E-state index >= 15 is 0 Å². The van der Waals surface area contributed by atoms with E-state index in [0.29, 0.717) is 12.0 Å². The molecule has 0 aromatic heterocycles. The van der Waals surface area contributed by atoms with Crippen LogP contribution in [0.1, 0.15) is 40.7 Å². The fraction of sp³-hybridized carbons (Fsp3) is 0.500. The number of amides is 2. The molecular formula is C18H24N2O5S. The molecule has 8 heteroatoms. The summed E-state index contributed by atoms with van der Waals surface area (Å²) in [5.41, 5.74) is 2.69. The number of hydrogen-bond donors (Lipinski definition) is 2. The molecule has 1 unspecified atom stereocenters. The Morgan fingerprint density at radius 2 is 1.81 bits per heavy atom. The smallest absolute Gasteiger partial charge is 0.239 e. The van der Waals surface area contributed by atoms with Crippen LogP contribution in [0.5, 0.6) is 0 Å². The van der Waals surface area contributed by atoms with Crippen LogP contribution < -0.4 is 10.6 Å². The van der Waals surface area contributed by atoms with Crippen molar-refractivity contribution in [2.24, 2.45) is 0 Å². The van der Waals surface area contributed by atoms with Gasteiger partial charge in [0.2, 0.25) is 11.8 Å². The fourth-order valence-corrected chi connectivity index (χ4v) is 4.41. The Morgan fingerprint density at radius 1 is 1.08 bits per heavy atom. The van der Waals surface area contributed by atoms with E-state index in [0.717, 1.165) is 11.1 Å². The summed E-state index contributed by atoms with van der Waals surface area (Å²) in [5, 5.41) is 5.04. The van der Waals surface area contributed by atoms with Gasteiger partial charge < -0.3 is 10.6 Å². The summed E-state index contributed by atoms with van der Waals surface area (Å²) in [6, 6.07) is 5.02. The van der Waals surface area contributed by atoms with Gasteiger partial charge in [-0.2, -0.15) is 0 Å². The molecule has 26 heavy (non-hydrogen) atoms. The van der Waals surface area contributed by atoms with Crippen molar-refractivity contribution in [3.63, 3.8) is 0 Å². The van der Waals surface area contributed by atoms with E-state index < -0.39 is 27.7 Å². The summed E-state index contributed by atoms with van der Waals surface area (Å²) >= 11 is 0. The maximum absolute atomic E-state index is 12.1.